The number of ether oxygens (including phenoxy) is 1. The van der Waals surface area contributed by atoms with E-state index in [-0.39, 0.29) is 5.97 Å². The summed E-state index contributed by atoms with van der Waals surface area (Å²) in [6.07, 6.45) is 34.6. The lowest BCUT2D eigenvalue weighted by atomic mass is 10.0. The molecule has 0 atom stereocenters. The minimum Gasteiger partial charge on any atom is -0.463 e. The van der Waals surface area contributed by atoms with Gasteiger partial charge >= 0.3 is 5.97 Å². The van der Waals surface area contributed by atoms with Crippen LogP contribution in [0.25, 0.3) is 0 Å². The predicted molar refractivity (Wildman–Crippen MR) is 133 cm³/mol. The van der Waals surface area contributed by atoms with Gasteiger partial charge < -0.3 is 4.74 Å². The molecule has 176 valence electrons. The van der Waals surface area contributed by atoms with Crippen LogP contribution in [0.1, 0.15) is 142 Å². The normalized spacial score (nSPS) is 11.7. The standard InChI is InChI=1S/C28H52O2/c1-3-5-7-8-9-10-11-12-13-14-15-16-17-18-19-20-21-22-23-25-27-30-28(29)26-24-6-4-2/h4,6,24,26H,3,5,7-23,25,27H2,1-2H3/b6-4+,26-24+. The molecule has 0 N–H and O–H groups in total. The molecule has 0 bridgehead atoms. The van der Waals surface area contributed by atoms with Crippen molar-refractivity contribution in [2.75, 3.05) is 6.61 Å². The van der Waals surface area contributed by atoms with Gasteiger partial charge in [0, 0.05) is 6.08 Å². The Balaban J connectivity index is 3.10. The number of esters is 1. The van der Waals surface area contributed by atoms with Gasteiger partial charge in [-0.1, -0.05) is 147 Å². The molecular weight excluding hydrogens is 368 g/mol. The van der Waals surface area contributed by atoms with Crippen molar-refractivity contribution in [3.8, 4) is 0 Å². The molecule has 0 heterocycles. The molecule has 2 nitrogen and oxygen atoms in total. The second kappa shape index (κ2) is 26.0. The average molecular weight is 421 g/mol. The third kappa shape index (κ3) is 25.0. The van der Waals surface area contributed by atoms with Crippen LogP contribution >= 0.6 is 0 Å². The van der Waals surface area contributed by atoms with Gasteiger partial charge in [0.15, 0.2) is 0 Å². The maximum Gasteiger partial charge on any atom is 0.330 e. The first-order valence-corrected chi connectivity index (χ1v) is 13.3. The third-order valence-electron chi connectivity index (χ3n) is 5.78. The fraction of sp³-hybridized carbons (Fsp3) is 0.821. The van der Waals surface area contributed by atoms with Crippen molar-refractivity contribution in [3.63, 3.8) is 0 Å². The van der Waals surface area contributed by atoms with Gasteiger partial charge in [0.05, 0.1) is 6.61 Å². The second-order valence-electron chi connectivity index (χ2n) is 8.77. The molecule has 0 aliphatic heterocycles. The molecule has 0 aromatic carbocycles. The maximum atomic E-state index is 11.4. The summed E-state index contributed by atoms with van der Waals surface area (Å²) in [4.78, 5) is 11.4. The highest BCUT2D eigenvalue weighted by Gasteiger charge is 1.97. The number of rotatable bonds is 23. The molecule has 0 aliphatic rings. The molecule has 0 amide bonds. The Kier molecular flexibility index (Phi) is 25.1. The van der Waals surface area contributed by atoms with Crippen molar-refractivity contribution in [1.82, 2.24) is 0 Å². The van der Waals surface area contributed by atoms with Gasteiger partial charge in [-0.05, 0) is 13.3 Å². The molecule has 0 spiro atoms. The molecular formula is C28H52O2. The Morgan fingerprint density at radius 3 is 1.30 bits per heavy atom. The molecule has 0 rings (SSSR count). The molecule has 0 unspecified atom stereocenters. The zero-order valence-electron chi connectivity index (χ0n) is 20.5. The summed E-state index contributed by atoms with van der Waals surface area (Å²) in [6.45, 7) is 4.77. The zero-order valence-corrected chi connectivity index (χ0v) is 20.5. The summed E-state index contributed by atoms with van der Waals surface area (Å²) >= 11 is 0. The third-order valence-corrected chi connectivity index (χ3v) is 5.78. The predicted octanol–water partition coefficient (Wildman–Crippen LogP) is 9.48. The van der Waals surface area contributed by atoms with Gasteiger partial charge in [-0.2, -0.15) is 0 Å². The molecule has 2 heteroatoms. The molecule has 0 fully saturated rings. The second-order valence-corrected chi connectivity index (χ2v) is 8.77. The van der Waals surface area contributed by atoms with Gasteiger partial charge in [-0.15, -0.1) is 0 Å². The smallest absolute Gasteiger partial charge is 0.330 e. The van der Waals surface area contributed by atoms with Crippen molar-refractivity contribution >= 4 is 5.97 Å². The van der Waals surface area contributed by atoms with Crippen LogP contribution in [0.4, 0.5) is 0 Å². The fourth-order valence-electron chi connectivity index (χ4n) is 3.82. The van der Waals surface area contributed by atoms with Crippen LogP contribution in [0.3, 0.4) is 0 Å². The number of allylic oxidation sites excluding steroid dienone is 3. The van der Waals surface area contributed by atoms with Crippen LogP contribution in [0.2, 0.25) is 0 Å². The quantitative estimate of drug-likeness (QED) is 0.0711. The van der Waals surface area contributed by atoms with Crippen LogP contribution in [-0.2, 0) is 9.53 Å². The lowest BCUT2D eigenvalue weighted by molar-refractivity contribution is -0.137. The van der Waals surface area contributed by atoms with E-state index < -0.39 is 0 Å². The van der Waals surface area contributed by atoms with E-state index in [0.717, 1.165) is 6.42 Å². The summed E-state index contributed by atoms with van der Waals surface area (Å²) in [5.74, 6) is -0.231. The van der Waals surface area contributed by atoms with E-state index in [0.29, 0.717) is 6.61 Å². The number of carbonyl (C=O) groups is 1. The molecule has 0 aliphatic carbocycles. The molecule has 30 heavy (non-hydrogen) atoms. The van der Waals surface area contributed by atoms with Gasteiger partial charge in [0.25, 0.3) is 0 Å². The van der Waals surface area contributed by atoms with E-state index in [1.165, 1.54) is 128 Å². The van der Waals surface area contributed by atoms with Crippen molar-refractivity contribution < 1.29 is 9.53 Å². The summed E-state index contributed by atoms with van der Waals surface area (Å²) in [7, 11) is 0. The maximum absolute atomic E-state index is 11.4. The minimum atomic E-state index is -0.231. The molecule has 0 saturated carbocycles. The number of unbranched alkanes of at least 4 members (excludes halogenated alkanes) is 19. The van der Waals surface area contributed by atoms with Crippen molar-refractivity contribution in [2.24, 2.45) is 0 Å². The van der Waals surface area contributed by atoms with Crippen LogP contribution in [0.5, 0.6) is 0 Å². The number of hydrogen-bond acceptors (Lipinski definition) is 2. The Morgan fingerprint density at radius 2 is 0.933 bits per heavy atom. The lowest BCUT2D eigenvalue weighted by Gasteiger charge is -2.04. The van der Waals surface area contributed by atoms with Crippen LogP contribution in [0, 0.1) is 0 Å². The van der Waals surface area contributed by atoms with E-state index in [1.54, 1.807) is 6.08 Å². The Bertz CT molecular complexity index is 397. The van der Waals surface area contributed by atoms with Gasteiger partial charge in [0.1, 0.15) is 0 Å². The fourth-order valence-corrected chi connectivity index (χ4v) is 3.82. The van der Waals surface area contributed by atoms with Crippen molar-refractivity contribution in [3.05, 3.63) is 24.3 Å². The van der Waals surface area contributed by atoms with Crippen molar-refractivity contribution in [1.29, 1.82) is 0 Å². The lowest BCUT2D eigenvalue weighted by Crippen LogP contribution is -2.02. The summed E-state index contributed by atoms with van der Waals surface area (Å²) in [6, 6.07) is 0. The molecule has 0 radical (unpaired) electrons. The monoisotopic (exact) mass is 420 g/mol. The van der Waals surface area contributed by atoms with Crippen molar-refractivity contribution in [2.45, 2.75) is 142 Å². The number of hydrogen-bond donors (Lipinski definition) is 0. The van der Waals surface area contributed by atoms with E-state index in [1.807, 2.05) is 19.1 Å². The van der Waals surface area contributed by atoms with Crippen LogP contribution in [-0.4, -0.2) is 12.6 Å². The highest BCUT2D eigenvalue weighted by atomic mass is 16.5. The highest BCUT2D eigenvalue weighted by molar-refractivity contribution is 5.82. The van der Waals surface area contributed by atoms with Gasteiger partial charge in [0.2, 0.25) is 0 Å². The van der Waals surface area contributed by atoms with Gasteiger partial charge in [-0.25, -0.2) is 4.79 Å². The Labute approximate surface area is 188 Å². The van der Waals surface area contributed by atoms with E-state index in [9.17, 15) is 4.79 Å². The molecule has 0 saturated heterocycles. The molecule has 0 aromatic rings. The number of carbonyl (C=O) groups excluding carboxylic acids is 1. The summed E-state index contributed by atoms with van der Waals surface area (Å²) < 4.78 is 5.17. The van der Waals surface area contributed by atoms with Crippen LogP contribution in [0.15, 0.2) is 24.3 Å². The topological polar surface area (TPSA) is 26.3 Å². The Morgan fingerprint density at radius 1 is 0.567 bits per heavy atom. The highest BCUT2D eigenvalue weighted by Crippen LogP contribution is 2.14. The first kappa shape index (κ1) is 28.9. The average Bonchev–Trinajstić information content (AvgIpc) is 2.75. The minimum absolute atomic E-state index is 0.231. The first-order valence-electron chi connectivity index (χ1n) is 13.3. The first-order chi connectivity index (χ1) is 14.8. The largest absolute Gasteiger partial charge is 0.463 e. The Hall–Kier alpha value is -1.05. The van der Waals surface area contributed by atoms with Gasteiger partial charge in [-0.3, -0.25) is 0 Å². The SMILES string of the molecule is C/C=C/C=C/C(=O)OCCCCCCCCCCCCCCCCCCCCCC. The molecule has 0 aromatic heterocycles. The van der Waals surface area contributed by atoms with E-state index in [4.69, 9.17) is 4.74 Å². The summed E-state index contributed by atoms with van der Waals surface area (Å²) in [5.41, 5.74) is 0. The van der Waals surface area contributed by atoms with Crippen LogP contribution < -0.4 is 0 Å². The van der Waals surface area contributed by atoms with E-state index >= 15 is 0 Å². The summed E-state index contributed by atoms with van der Waals surface area (Å²) in [5, 5.41) is 0. The zero-order chi connectivity index (χ0) is 22.0. The van der Waals surface area contributed by atoms with E-state index in [2.05, 4.69) is 6.92 Å².